The van der Waals surface area contributed by atoms with Crippen molar-refractivity contribution in [3.05, 3.63) is 18.3 Å². The smallest absolute Gasteiger partial charge is 0.239 e. The maximum Gasteiger partial charge on any atom is 0.239 e. The van der Waals surface area contributed by atoms with Crippen LogP contribution in [0.2, 0.25) is 0 Å². The molecule has 0 radical (unpaired) electrons. The van der Waals surface area contributed by atoms with Gasteiger partial charge in [0.05, 0.1) is 18.8 Å². The minimum Gasteiger partial charge on any atom is -0.374 e. The molecule has 1 aromatic rings. The van der Waals surface area contributed by atoms with E-state index in [1.165, 1.54) is 0 Å². The fourth-order valence-electron chi connectivity index (χ4n) is 2.91. The number of nitrogens with one attached hydrogen (secondary N) is 1. The number of ether oxygens (including phenoxy) is 1. The van der Waals surface area contributed by atoms with Crippen LogP contribution < -0.4 is 5.32 Å². The summed E-state index contributed by atoms with van der Waals surface area (Å²) in [5, 5.41) is 11.0. The molecule has 114 valence electrons. The van der Waals surface area contributed by atoms with Crippen LogP contribution >= 0.6 is 0 Å². The molecule has 7 heteroatoms. The first kappa shape index (κ1) is 14.2. The minimum atomic E-state index is 0.0258. The SMILES string of the molecule is CN1CC[C@@H](N2CCO[C@H](CNc3cccnn3)C2)C1=O. The van der Waals surface area contributed by atoms with Gasteiger partial charge in [-0.3, -0.25) is 9.69 Å². The zero-order valence-electron chi connectivity index (χ0n) is 12.2. The van der Waals surface area contributed by atoms with Gasteiger partial charge >= 0.3 is 0 Å². The van der Waals surface area contributed by atoms with Gasteiger partial charge in [0, 0.05) is 39.4 Å². The number of aromatic nitrogens is 2. The first-order valence-electron chi connectivity index (χ1n) is 7.36. The summed E-state index contributed by atoms with van der Waals surface area (Å²) in [5.74, 6) is 0.979. The molecule has 2 fully saturated rings. The molecule has 3 rings (SSSR count). The Morgan fingerprint density at radius 3 is 3.10 bits per heavy atom. The first-order chi connectivity index (χ1) is 10.2. The molecule has 2 aliphatic heterocycles. The van der Waals surface area contributed by atoms with E-state index < -0.39 is 0 Å². The van der Waals surface area contributed by atoms with E-state index in [1.807, 2.05) is 24.1 Å². The lowest BCUT2D eigenvalue weighted by Crippen LogP contribution is -2.51. The van der Waals surface area contributed by atoms with Gasteiger partial charge in [-0.1, -0.05) is 0 Å². The topological polar surface area (TPSA) is 70.6 Å². The molecule has 0 aromatic carbocycles. The standard InChI is InChI=1S/C14H21N5O2/c1-18-6-4-12(14(18)20)19-7-8-21-11(10-19)9-15-13-3-2-5-16-17-13/h2-3,5,11-12H,4,6-10H2,1H3,(H,15,17)/t11-,12-/m1/s1. The van der Waals surface area contributed by atoms with Crippen LogP contribution in [0.15, 0.2) is 18.3 Å². The van der Waals surface area contributed by atoms with E-state index in [1.54, 1.807) is 6.20 Å². The van der Waals surface area contributed by atoms with Gasteiger partial charge in [-0.15, -0.1) is 5.10 Å². The van der Waals surface area contributed by atoms with Crippen molar-refractivity contribution in [2.24, 2.45) is 0 Å². The van der Waals surface area contributed by atoms with Crippen LogP contribution in [0.25, 0.3) is 0 Å². The van der Waals surface area contributed by atoms with Gasteiger partial charge in [-0.2, -0.15) is 5.10 Å². The molecule has 0 bridgehead atoms. The Labute approximate surface area is 124 Å². The van der Waals surface area contributed by atoms with Crippen molar-refractivity contribution in [1.29, 1.82) is 0 Å². The van der Waals surface area contributed by atoms with Crippen molar-refractivity contribution in [3.8, 4) is 0 Å². The molecule has 2 atom stereocenters. The van der Waals surface area contributed by atoms with Crippen LogP contribution in [-0.2, 0) is 9.53 Å². The number of likely N-dealkylation sites (N-methyl/N-ethyl adjacent to an activating group) is 1. The quantitative estimate of drug-likeness (QED) is 0.830. The summed E-state index contributed by atoms with van der Waals surface area (Å²) in [6.07, 6.45) is 2.63. The molecule has 2 saturated heterocycles. The summed E-state index contributed by atoms with van der Waals surface area (Å²) in [5.41, 5.74) is 0. The third-order valence-electron chi connectivity index (χ3n) is 4.09. The number of rotatable bonds is 4. The Morgan fingerprint density at radius 2 is 2.38 bits per heavy atom. The monoisotopic (exact) mass is 291 g/mol. The van der Waals surface area contributed by atoms with Gasteiger partial charge in [-0.25, -0.2) is 0 Å². The number of hydrogen-bond donors (Lipinski definition) is 1. The van der Waals surface area contributed by atoms with Crippen molar-refractivity contribution in [3.63, 3.8) is 0 Å². The zero-order chi connectivity index (χ0) is 14.7. The van der Waals surface area contributed by atoms with Crippen molar-refractivity contribution in [2.75, 3.05) is 45.2 Å². The van der Waals surface area contributed by atoms with Crippen LogP contribution in [0.3, 0.4) is 0 Å². The number of anilines is 1. The van der Waals surface area contributed by atoms with Gasteiger partial charge in [0.15, 0.2) is 0 Å². The van der Waals surface area contributed by atoms with E-state index in [2.05, 4.69) is 20.4 Å². The molecule has 0 saturated carbocycles. The fourth-order valence-corrected chi connectivity index (χ4v) is 2.91. The molecule has 1 amide bonds. The molecular formula is C14H21N5O2. The molecule has 0 aliphatic carbocycles. The van der Waals surface area contributed by atoms with Gasteiger partial charge in [0.25, 0.3) is 0 Å². The molecule has 1 N–H and O–H groups in total. The maximum absolute atomic E-state index is 12.1. The van der Waals surface area contributed by atoms with Crippen LogP contribution in [-0.4, -0.2) is 77.9 Å². The Kier molecular flexibility index (Phi) is 4.31. The first-order valence-corrected chi connectivity index (χ1v) is 7.36. The van der Waals surface area contributed by atoms with Crippen LogP contribution in [0.4, 0.5) is 5.82 Å². The normalized spacial score (nSPS) is 27.1. The third-order valence-corrected chi connectivity index (χ3v) is 4.09. The van der Waals surface area contributed by atoms with Gasteiger partial charge in [-0.05, 0) is 18.6 Å². The molecule has 7 nitrogen and oxygen atoms in total. The predicted molar refractivity (Wildman–Crippen MR) is 77.9 cm³/mol. The number of amides is 1. The second-order valence-corrected chi connectivity index (χ2v) is 5.54. The summed E-state index contributed by atoms with van der Waals surface area (Å²) in [4.78, 5) is 16.2. The number of morpholine rings is 1. The minimum absolute atomic E-state index is 0.0258. The Morgan fingerprint density at radius 1 is 1.48 bits per heavy atom. The van der Waals surface area contributed by atoms with E-state index in [-0.39, 0.29) is 18.1 Å². The fraction of sp³-hybridized carbons (Fsp3) is 0.643. The third kappa shape index (κ3) is 3.30. The second kappa shape index (κ2) is 6.36. The highest BCUT2D eigenvalue weighted by atomic mass is 16.5. The highest BCUT2D eigenvalue weighted by molar-refractivity contribution is 5.83. The lowest BCUT2D eigenvalue weighted by Gasteiger charge is -2.35. The van der Waals surface area contributed by atoms with E-state index in [4.69, 9.17) is 4.74 Å². The Balaban J connectivity index is 1.53. The second-order valence-electron chi connectivity index (χ2n) is 5.54. The summed E-state index contributed by atoms with van der Waals surface area (Å²) in [7, 11) is 1.87. The maximum atomic E-state index is 12.1. The van der Waals surface area contributed by atoms with Gasteiger partial charge < -0.3 is 15.0 Å². The average molecular weight is 291 g/mol. The molecule has 1 aromatic heterocycles. The predicted octanol–water partition coefficient (Wildman–Crippen LogP) is -0.180. The van der Waals surface area contributed by atoms with Gasteiger partial charge in [0.2, 0.25) is 5.91 Å². The molecular weight excluding hydrogens is 270 g/mol. The summed E-state index contributed by atoms with van der Waals surface area (Å²) in [6, 6.07) is 3.75. The van der Waals surface area contributed by atoms with Crippen LogP contribution in [0.1, 0.15) is 6.42 Å². The van der Waals surface area contributed by atoms with Crippen molar-refractivity contribution >= 4 is 11.7 Å². The summed E-state index contributed by atoms with van der Waals surface area (Å²) in [6.45, 7) is 3.79. The molecule has 21 heavy (non-hydrogen) atoms. The molecule has 0 spiro atoms. The van der Waals surface area contributed by atoms with Crippen molar-refractivity contribution in [1.82, 2.24) is 20.0 Å². The number of carbonyl (C=O) groups is 1. The van der Waals surface area contributed by atoms with Crippen molar-refractivity contribution in [2.45, 2.75) is 18.6 Å². The number of nitrogens with zero attached hydrogens (tertiary/aromatic N) is 4. The van der Waals surface area contributed by atoms with Crippen LogP contribution in [0.5, 0.6) is 0 Å². The summed E-state index contributed by atoms with van der Waals surface area (Å²) < 4.78 is 5.77. The summed E-state index contributed by atoms with van der Waals surface area (Å²) >= 11 is 0. The van der Waals surface area contributed by atoms with Crippen LogP contribution in [0, 0.1) is 0 Å². The zero-order valence-corrected chi connectivity index (χ0v) is 12.2. The highest BCUT2D eigenvalue weighted by Gasteiger charge is 2.36. The lowest BCUT2D eigenvalue weighted by molar-refractivity contribution is -0.133. The van der Waals surface area contributed by atoms with E-state index >= 15 is 0 Å². The van der Waals surface area contributed by atoms with E-state index in [0.717, 1.165) is 31.9 Å². The molecule has 2 aliphatic rings. The lowest BCUT2D eigenvalue weighted by atomic mass is 10.1. The number of hydrogen-bond acceptors (Lipinski definition) is 6. The van der Waals surface area contributed by atoms with E-state index in [9.17, 15) is 4.79 Å². The Bertz CT molecular complexity index is 484. The van der Waals surface area contributed by atoms with Gasteiger partial charge in [0.1, 0.15) is 5.82 Å². The largest absolute Gasteiger partial charge is 0.374 e. The average Bonchev–Trinajstić information content (AvgIpc) is 2.86. The number of carbonyl (C=O) groups excluding carboxylic acids is 1. The molecule has 0 unspecified atom stereocenters. The van der Waals surface area contributed by atoms with E-state index in [0.29, 0.717) is 13.2 Å². The number of likely N-dealkylation sites (tertiary alicyclic amines) is 1. The van der Waals surface area contributed by atoms with Crippen molar-refractivity contribution < 1.29 is 9.53 Å². The highest BCUT2D eigenvalue weighted by Crippen LogP contribution is 2.19. The molecule has 3 heterocycles. The Hall–Kier alpha value is -1.73.